The van der Waals surface area contributed by atoms with E-state index >= 15 is 0 Å². The van der Waals surface area contributed by atoms with Crippen molar-refractivity contribution in [3.05, 3.63) is 0 Å². The van der Waals surface area contributed by atoms with E-state index in [4.69, 9.17) is 0 Å². The average Bonchev–Trinajstić information content (AvgIpc) is 1.81. The van der Waals surface area contributed by atoms with Crippen LogP contribution in [0.1, 0.15) is 13.8 Å². The Balaban J connectivity index is 4.23. The third kappa shape index (κ3) is 3.19. The van der Waals surface area contributed by atoms with Crippen LogP contribution in [0.2, 0.25) is 0 Å². The van der Waals surface area contributed by atoms with Gasteiger partial charge >= 0.3 is 12.0 Å². The maximum Gasteiger partial charge on any atom is 0.355 e. The molecule has 0 saturated heterocycles. The van der Waals surface area contributed by atoms with Crippen molar-refractivity contribution < 1.29 is 19.2 Å². The molecule has 0 atom stereocenters. The van der Waals surface area contributed by atoms with Crippen LogP contribution < -0.4 is 5.73 Å². The van der Waals surface area contributed by atoms with E-state index in [9.17, 15) is 14.4 Å². The molecule has 6 heteroatoms. The van der Waals surface area contributed by atoms with Gasteiger partial charge in [0.2, 0.25) is 0 Å². The van der Waals surface area contributed by atoms with E-state index in [0.717, 1.165) is 13.8 Å². The number of carbonyl (C=O) groups is 3. The molecule has 0 heterocycles. The number of hydrogen-bond acceptors (Lipinski definition) is 4. The van der Waals surface area contributed by atoms with Crippen LogP contribution in [-0.2, 0) is 14.4 Å². The monoisotopic (exact) mass is 160 g/mol. The van der Waals surface area contributed by atoms with E-state index in [-0.39, 0.29) is 5.06 Å². The summed E-state index contributed by atoms with van der Waals surface area (Å²) in [5, 5.41) is 0.183. The number of primary amides is 1. The number of rotatable bonds is 0. The number of imide groups is 1. The van der Waals surface area contributed by atoms with Gasteiger partial charge in [-0.25, -0.2) is 9.59 Å². The molecule has 0 radical (unpaired) electrons. The van der Waals surface area contributed by atoms with Crippen LogP contribution in [0, 0.1) is 0 Å². The van der Waals surface area contributed by atoms with Crippen LogP contribution in [-0.4, -0.2) is 23.0 Å². The molecule has 2 N–H and O–H groups in total. The van der Waals surface area contributed by atoms with Gasteiger partial charge in [0, 0.05) is 13.8 Å². The highest BCUT2D eigenvalue weighted by Crippen LogP contribution is 1.90. The highest BCUT2D eigenvalue weighted by molar-refractivity contribution is 5.92. The molecule has 0 aromatic carbocycles. The average molecular weight is 160 g/mol. The van der Waals surface area contributed by atoms with Gasteiger partial charge in [-0.15, -0.1) is 0 Å². The number of urea groups is 1. The number of amides is 3. The van der Waals surface area contributed by atoms with Gasteiger partial charge in [-0.2, -0.15) is 0 Å². The predicted molar refractivity (Wildman–Crippen MR) is 33.9 cm³/mol. The molecule has 0 aliphatic rings. The van der Waals surface area contributed by atoms with Crippen LogP contribution >= 0.6 is 0 Å². The second-order valence-electron chi connectivity index (χ2n) is 1.73. The Kier molecular flexibility index (Phi) is 3.03. The quantitative estimate of drug-likeness (QED) is 0.478. The van der Waals surface area contributed by atoms with Crippen molar-refractivity contribution in [2.75, 3.05) is 0 Å². The number of nitrogens with two attached hydrogens (primary N) is 1. The van der Waals surface area contributed by atoms with Crippen molar-refractivity contribution in [1.82, 2.24) is 5.06 Å². The summed E-state index contributed by atoms with van der Waals surface area (Å²) in [6.07, 6.45) is 0. The Labute approximate surface area is 62.9 Å². The van der Waals surface area contributed by atoms with E-state index in [1.165, 1.54) is 0 Å². The van der Waals surface area contributed by atoms with Gasteiger partial charge in [-0.3, -0.25) is 4.79 Å². The van der Waals surface area contributed by atoms with Gasteiger partial charge in [-0.1, -0.05) is 5.06 Å². The van der Waals surface area contributed by atoms with Crippen LogP contribution in [0.5, 0.6) is 0 Å². The molecule has 6 nitrogen and oxygen atoms in total. The lowest BCUT2D eigenvalue weighted by Gasteiger charge is -2.12. The van der Waals surface area contributed by atoms with Crippen molar-refractivity contribution >= 4 is 17.9 Å². The summed E-state index contributed by atoms with van der Waals surface area (Å²) in [5.74, 6) is -1.52. The highest BCUT2D eigenvalue weighted by atomic mass is 16.7. The molecule has 0 aromatic heterocycles. The first-order valence-corrected chi connectivity index (χ1v) is 2.73. The van der Waals surface area contributed by atoms with Crippen molar-refractivity contribution in [2.45, 2.75) is 13.8 Å². The second kappa shape index (κ2) is 3.55. The standard InChI is InChI=1S/C5H8N2O4/c1-3(8)7(5(6)10)11-4(2)9/h1-2H3,(H2,6,10). The Morgan fingerprint density at radius 3 is 1.82 bits per heavy atom. The predicted octanol–water partition coefficient (Wildman–Crippen LogP) is -0.608. The maximum atomic E-state index is 10.5. The normalized spacial score (nSPS) is 8.55. The van der Waals surface area contributed by atoms with Gasteiger partial charge in [0.15, 0.2) is 0 Å². The molecular weight excluding hydrogens is 152 g/mol. The first-order chi connectivity index (χ1) is 4.95. The van der Waals surface area contributed by atoms with Crippen LogP contribution in [0.4, 0.5) is 4.79 Å². The molecule has 3 amide bonds. The third-order valence-corrected chi connectivity index (χ3v) is 0.706. The molecule has 62 valence electrons. The zero-order valence-electron chi connectivity index (χ0n) is 6.16. The van der Waals surface area contributed by atoms with Crippen molar-refractivity contribution in [3.63, 3.8) is 0 Å². The topological polar surface area (TPSA) is 89.7 Å². The summed E-state index contributed by atoms with van der Waals surface area (Å²) in [5.41, 5.74) is 4.67. The molecule has 0 unspecified atom stereocenters. The summed E-state index contributed by atoms with van der Waals surface area (Å²) in [4.78, 5) is 35.2. The van der Waals surface area contributed by atoms with Crippen LogP contribution in [0.3, 0.4) is 0 Å². The zero-order chi connectivity index (χ0) is 9.02. The SMILES string of the molecule is CC(=O)ON(C(C)=O)C(N)=O. The summed E-state index contributed by atoms with van der Waals surface area (Å²) < 4.78 is 0. The largest absolute Gasteiger partial charge is 0.355 e. The fourth-order valence-electron chi connectivity index (χ4n) is 0.393. The lowest BCUT2D eigenvalue weighted by atomic mass is 10.7. The number of hydrogen-bond donors (Lipinski definition) is 1. The molecular formula is C5H8N2O4. The highest BCUT2D eigenvalue weighted by Gasteiger charge is 2.17. The van der Waals surface area contributed by atoms with Crippen LogP contribution in [0.25, 0.3) is 0 Å². The molecule has 0 rings (SSSR count). The number of nitrogens with zero attached hydrogens (tertiary/aromatic N) is 1. The van der Waals surface area contributed by atoms with Crippen molar-refractivity contribution in [3.8, 4) is 0 Å². The van der Waals surface area contributed by atoms with Gasteiger partial charge in [0.25, 0.3) is 5.91 Å². The Bertz CT molecular complexity index is 187. The summed E-state index contributed by atoms with van der Waals surface area (Å²) in [6, 6.07) is -1.12. The van der Waals surface area contributed by atoms with Gasteiger partial charge < -0.3 is 10.6 Å². The van der Waals surface area contributed by atoms with E-state index in [1.54, 1.807) is 0 Å². The molecule has 11 heavy (non-hydrogen) atoms. The fourth-order valence-corrected chi connectivity index (χ4v) is 0.393. The van der Waals surface area contributed by atoms with Gasteiger partial charge in [0.1, 0.15) is 0 Å². The molecule has 0 aromatic rings. The Morgan fingerprint density at radius 1 is 1.27 bits per heavy atom. The Morgan fingerprint density at radius 2 is 1.73 bits per heavy atom. The molecule has 0 aliphatic heterocycles. The zero-order valence-corrected chi connectivity index (χ0v) is 6.16. The van der Waals surface area contributed by atoms with Crippen LogP contribution in [0.15, 0.2) is 0 Å². The Hall–Kier alpha value is -1.59. The van der Waals surface area contributed by atoms with Gasteiger partial charge in [-0.05, 0) is 0 Å². The molecule has 0 saturated carbocycles. The molecule has 0 bridgehead atoms. The molecule has 0 spiro atoms. The third-order valence-electron chi connectivity index (χ3n) is 0.706. The smallest absolute Gasteiger partial charge is 0.349 e. The summed E-state index contributed by atoms with van der Waals surface area (Å²) in [7, 11) is 0. The minimum absolute atomic E-state index is 0.183. The maximum absolute atomic E-state index is 10.5. The molecule has 0 aliphatic carbocycles. The second-order valence-corrected chi connectivity index (χ2v) is 1.73. The lowest BCUT2D eigenvalue weighted by Crippen LogP contribution is -2.40. The van der Waals surface area contributed by atoms with E-state index in [1.807, 2.05) is 0 Å². The number of carbonyl (C=O) groups excluding carboxylic acids is 3. The first-order valence-electron chi connectivity index (χ1n) is 2.73. The van der Waals surface area contributed by atoms with E-state index in [0.29, 0.717) is 0 Å². The first kappa shape index (κ1) is 9.41. The lowest BCUT2D eigenvalue weighted by molar-refractivity contribution is -0.182. The summed E-state index contributed by atoms with van der Waals surface area (Å²) >= 11 is 0. The minimum Gasteiger partial charge on any atom is -0.349 e. The number of hydroxylamine groups is 2. The van der Waals surface area contributed by atoms with Crippen molar-refractivity contribution in [2.24, 2.45) is 5.73 Å². The van der Waals surface area contributed by atoms with Gasteiger partial charge in [0.05, 0.1) is 0 Å². The van der Waals surface area contributed by atoms with Crippen molar-refractivity contribution in [1.29, 1.82) is 0 Å². The molecule has 0 fully saturated rings. The van der Waals surface area contributed by atoms with E-state index < -0.39 is 17.9 Å². The van der Waals surface area contributed by atoms with E-state index in [2.05, 4.69) is 10.6 Å². The minimum atomic E-state index is -1.12. The fraction of sp³-hybridized carbons (Fsp3) is 0.400. The summed E-state index contributed by atoms with van der Waals surface area (Å²) in [6.45, 7) is 2.10.